The summed E-state index contributed by atoms with van der Waals surface area (Å²) in [5.41, 5.74) is 6.76. The second kappa shape index (κ2) is 6.66. The van der Waals surface area contributed by atoms with E-state index in [-0.39, 0.29) is 0 Å². The molecule has 1 saturated carbocycles. The second-order valence-electron chi connectivity index (χ2n) is 6.30. The van der Waals surface area contributed by atoms with E-state index in [0.717, 1.165) is 21.3 Å². The number of carbonyl (C=O) groups excluding carboxylic acids is 1. The summed E-state index contributed by atoms with van der Waals surface area (Å²) < 4.78 is 1.85. The molecule has 1 fully saturated rings. The van der Waals surface area contributed by atoms with Crippen LogP contribution < -0.4 is 10.5 Å². The van der Waals surface area contributed by atoms with Crippen molar-refractivity contribution in [3.63, 3.8) is 0 Å². The number of rotatable bonds is 3. The second-order valence-corrected chi connectivity index (χ2v) is 7.25. The Balaban J connectivity index is 1.84. The Kier molecular flexibility index (Phi) is 4.61. The van der Waals surface area contributed by atoms with Gasteiger partial charge in [-0.1, -0.05) is 30.4 Å². The van der Waals surface area contributed by atoms with Gasteiger partial charge >= 0.3 is 0 Å². The minimum atomic E-state index is -0.413. The minimum Gasteiger partial charge on any atom is -0.366 e. The number of primary amides is 1. The molecule has 6 heteroatoms. The van der Waals surface area contributed by atoms with Gasteiger partial charge in [0, 0.05) is 18.2 Å². The number of hydrogen-bond acceptors (Lipinski definition) is 4. The van der Waals surface area contributed by atoms with Crippen LogP contribution in [0.15, 0.2) is 29.3 Å². The van der Waals surface area contributed by atoms with Crippen LogP contribution in [0.3, 0.4) is 0 Å². The highest BCUT2D eigenvalue weighted by molar-refractivity contribution is 7.12. The quantitative estimate of drug-likeness (QED) is 0.939. The monoisotopic (exact) mass is 330 g/mol. The Morgan fingerprint density at radius 3 is 2.52 bits per heavy atom. The molecule has 5 nitrogen and oxygen atoms in total. The molecule has 0 unspecified atom stereocenters. The van der Waals surface area contributed by atoms with Crippen molar-refractivity contribution >= 4 is 17.2 Å². The Bertz CT molecular complexity index is 752. The summed E-state index contributed by atoms with van der Waals surface area (Å²) in [6, 6.07) is 7.65. The Hall–Kier alpha value is -1.95. The predicted molar refractivity (Wildman–Crippen MR) is 92.0 cm³/mol. The molecule has 0 radical (unpaired) electrons. The lowest BCUT2D eigenvalue weighted by Gasteiger charge is -2.22. The Morgan fingerprint density at radius 2 is 1.91 bits per heavy atom. The lowest BCUT2D eigenvalue weighted by atomic mass is 9.88. The maximum atomic E-state index is 11.1. The molecule has 2 N–H and O–H groups in total. The van der Waals surface area contributed by atoms with E-state index in [1.54, 1.807) is 23.5 Å². The van der Waals surface area contributed by atoms with Crippen LogP contribution in [0.25, 0.3) is 10.6 Å². The van der Waals surface area contributed by atoms with Crippen molar-refractivity contribution in [3.8, 4) is 10.6 Å². The van der Waals surface area contributed by atoms with Gasteiger partial charge in [0.1, 0.15) is 5.01 Å². The number of nitrogens with zero attached hydrogens (tertiary/aromatic N) is 3. The lowest BCUT2D eigenvalue weighted by molar-refractivity contribution is 0.100. The molecular weight excluding hydrogens is 308 g/mol. The molecule has 2 aromatic rings. The normalized spacial score (nSPS) is 22.3. The summed E-state index contributed by atoms with van der Waals surface area (Å²) >= 11 is 1.59. The Labute approximate surface area is 139 Å². The van der Waals surface area contributed by atoms with Gasteiger partial charge in [0.05, 0.1) is 6.04 Å². The van der Waals surface area contributed by atoms with E-state index >= 15 is 0 Å². The fraction of sp³-hybridized carbons (Fsp3) is 0.471. The molecule has 0 saturated heterocycles. The summed E-state index contributed by atoms with van der Waals surface area (Å²) in [5.74, 6) is 0.416. The van der Waals surface area contributed by atoms with Crippen molar-refractivity contribution in [3.05, 3.63) is 34.6 Å². The van der Waals surface area contributed by atoms with Crippen LogP contribution in [-0.4, -0.2) is 21.7 Å². The number of carbonyl (C=O) groups is 1. The van der Waals surface area contributed by atoms with Crippen LogP contribution in [-0.2, 0) is 7.05 Å². The van der Waals surface area contributed by atoms with Gasteiger partial charge in [0.25, 0.3) is 0 Å². The number of nitrogens with two attached hydrogens (primary N) is 1. The largest absolute Gasteiger partial charge is 0.366 e. The molecule has 0 spiro atoms. The zero-order chi connectivity index (χ0) is 16.4. The summed E-state index contributed by atoms with van der Waals surface area (Å²) in [4.78, 5) is 17.0. The molecule has 3 rings (SSSR count). The van der Waals surface area contributed by atoms with Crippen molar-refractivity contribution in [2.45, 2.75) is 38.6 Å². The fourth-order valence-corrected chi connectivity index (χ4v) is 3.85. The van der Waals surface area contributed by atoms with Crippen LogP contribution in [0.2, 0.25) is 0 Å². The van der Waals surface area contributed by atoms with Gasteiger partial charge in [0.15, 0.2) is 0 Å². The highest BCUT2D eigenvalue weighted by Crippen LogP contribution is 2.25. The molecule has 0 atom stereocenters. The number of aromatic nitrogens is 2. The first kappa shape index (κ1) is 15.9. The van der Waals surface area contributed by atoms with Crippen LogP contribution >= 0.6 is 11.3 Å². The lowest BCUT2D eigenvalue weighted by Crippen LogP contribution is -2.21. The van der Waals surface area contributed by atoms with E-state index in [1.807, 2.05) is 23.9 Å². The average Bonchev–Trinajstić information content (AvgIpc) is 2.91. The van der Waals surface area contributed by atoms with Gasteiger partial charge in [-0.15, -0.1) is 0 Å². The van der Waals surface area contributed by atoms with E-state index in [9.17, 15) is 4.79 Å². The highest BCUT2D eigenvalue weighted by Gasteiger charge is 2.17. The van der Waals surface area contributed by atoms with E-state index in [1.165, 1.54) is 25.7 Å². The highest BCUT2D eigenvalue weighted by atomic mass is 32.1. The van der Waals surface area contributed by atoms with Crippen LogP contribution in [0.4, 0.5) is 0 Å². The molecular formula is C17H22N4OS. The summed E-state index contributed by atoms with van der Waals surface area (Å²) in [6.45, 7) is 2.32. The third-order valence-corrected chi connectivity index (χ3v) is 5.46. The van der Waals surface area contributed by atoms with Crippen molar-refractivity contribution < 1.29 is 4.79 Å². The van der Waals surface area contributed by atoms with E-state index in [0.29, 0.717) is 11.6 Å². The molecule has 0 aliphatic heterocycles. The van der Waals surface area contributed by atoms with Crippen LogP contribution in [0.5, 0.6) is 0 Å². The van der Waals surface area contributed by atoms with Crippen molar-refractivity contribution in [2.24, 2.45) is 23.7 Å². The molecule has 122 valence electrons. The van der Waals surface area contributed by atoms with E-state index in [2.05, 4.69) is 12.0 Å². The molecule has 1 aromatic carbocycles. The minimum absolute atomic E-state index is 0.413. The molecule has 1 amide bonds. The third kappa shape index (κ3) is 3.69. The smallest absolute Gasteiger partial charge is 0.248 e. The van der Waals surface area contributed by atoms with Gasteiger partial charge in [-0.05, 0) is 43.7 Å². The zero-order valence-corrected chi connectivity index (χ0v) is 14.3. The van der Waals surface area contributed by atoms with Crippen molar-refractivity contribution in [2.75, 3.05) is 0 Å². The van der Waals surface area contributed by atoms with Gasteiger partial charge < -0.3 is 5.73 Å². The summed E-state index contributed by atoms with van der Waals surface area (Å²) in [7, 11) is 1.93. The Morgan fingerprint density at radius 1 is 1.26 bits per heavy atom. The maximum absolute atomic E-state index is 11.1. The topological polar surface area (TPSA) is 73.3 Å². The molecule has 1 heterocycles. The van der Waals surface area contributed by atoms with Crippen LogP contribution in [0, 0.1) is 5.92 Å². The summed E-state index contributed by atoms with van der Waals surface area (Å²) in [6.07, 6.45) is 4.86. The molecule has 1 aromatic heterocycles. The first-order valence-corrected chi connectivity index (χ1v) is 8.83. The average molecular weight is 330 g/mol. The van der Waals surface area contributed by atoms with Gasteiger partial charge in [0.2, 0.25) is 10.7 Å². The predicted octanol–water partition coefficient (Wildman–Crippen LogP) is 2.73. The fourth-order valence-electron chi connectivity index (χ4n) is 2.88. The standard InChI is InChI=1S/C17H22N4OS/c1-11-3-9-14(10-4-11)19-17-21(2)20-16(23-17)13-7-5-12(6-8-13)15(18)22/h5-8,11,14H,3-4,9-10H2,1-2H3,(H2,18,22). The number of aryl methyl sites for hydroxylation is 1. The number of benzene rings is 1. The number of hydrogen-bond donors (Lipinski definition) is 1. The maximum Gasteiger partial charge on any atom is 0.248 e. The van der Waals surface area contributed by atoms with Gasteiger partial charge in [-0.3, -0.25) is 9.79 Å². The van der Waals surface area contributed by atoms with Crippen LogP contribution in [0.1, 0.15) is 43.0 Å². The molecule has 23 heavy (non-hydrogen) atoms. The van der Waals surface area contributed by atoms with E-state index in [4.69, 9.17) is 10.7 Å². The number of amides is 1. The first-order chi connectivity index (χ1) is 11.0. The van der Waals surface area contributed by atoms with Gasteiger partial charge in [-0.25, -0.2) is 4.68 Å². The molecule has 0 bridgehead atoms. The molecule has 1 aliphatic carbocycles. The summed E-state index contributed by atoms with van der Waals surface area (Å²) in [5, 5.41) is 5.47. The third-order valence-electron chi connectivity index (χ3n) is 4.40. The van der Waals surface area contributed by atoms with Gasteiger partial charge in [-0.2, -0.15) is 5.10 Å². The SMILES string of the molecule is CC1CCC(N=c2sc(-c3ccc(C(N)=O)cc3)nn2C)CC1. The van der Waals surface area contributed by atoms with Crippen molar-refractivity contribution in [1.29, 1.82) is 0 Å². The molecule has 1 aliphatic rings. The van der Waals surface area contributed by atoms with Crippen molar-refractivity contribution in [1.82, 2.24) is 9.78 Å². The van der Waals surface area contributed by atoms with E-state index < -0.39 is 5.91 Å². The zero-order valence-electron chi connectivity index (χ0n) is 13.5. The first-order valence-electron chi connectivity index (χ1n) is 8.01.